The second-order valence-electron chi connectivity index (χ2n) is 4.40. The number of rotatable bonds is 1. The summed E-state index contributed by atoms with van der Waals surface area (Å²) in [5.74, 6) is 0.936. The minimum absolute atomic E-state index is 0.563. The van der Waals surface area contributed by atoms with Crippen LogP contribution < -0.4 is 4.74 Å². The molecule has 2 heterocycles. The average Bonchev–Trinajstić information content (AvgIpc) is 2.47. The van der Waals surface area contributed by atoms with Crippen molar-refractivity contribution in [3.63, 3.8) is 0 Å². The zero-order valence-electron chi connectivity index (χ0n) is 10.1. The summed E-state index contributed by atoms with van der Waals surface area (Å²) in [7, 11) is 0. The molecule has 0 bridgehead atoms. The number of benzene rings is 1. The first-order valence-electron chi connectivity index (χ1n) is 6.14. The van der Waals surface area contributed by atoms with Gasteiger partial charge in [-0.25, -0.2) is 0 Å². The number of para-hydroxylation sites is 1. The number of morpholine rings is 1. The van der Waals surface area contributed by atoms with Crippen LogP contribution in [0.2, 0.25) is 0 Å². The topological polar surface area (TPSA) is 21.7 Å². The fourth-order valence-corrected chi connectivity index (χ4v) is 2.51. The van der Waals surface area contributed by atoms with Crippen molar-refractivity contribution in [2.75, 3.05) is 32.9 Å². The Labute approximate surface area is 112 Å². The smallest absolute Gasteiger partial charge is 0.127 e. The highest BCUT2D eigenvalue weighted by Gasteiger charge is 2.20. The number of thiocarbonyl (C=S) groups is 1. The van der Waals surface area contributed by atoms with Crippen LogP contribution in [0.15, 0.2) is 29.8 Å². The third-order valence-electron chi connectivity index (χ3n) is 3.20. The van der Waals surface area contributed by atoms with E-state index < -0.39 is 0 Å². The quantitative estimate of drug-likeness (QED) is 0.722. The Hall–Kier alpha value is -1.39. The standard InChI is InChI=1S/C14H15NO2S/c18-14(15-5-7-16-8-6-15)12-9-11-3-1-2-4-13(11)17-10-12/h1-4,9H,5-8,10H2. The summed E-state index contributed by atoms with van der Waals surface area (Å²) in [4.78, 5) is 3.09. The van der Waals surface area contributed by atoms with Crippen molar-refractivity contribution >= 4 is 23.3 Å². The van der Waals surface area contributed by atoms with Gasteiger partial charge < -0.3 is 14.4 Å². The van der Waals surface area contributed by atoms with Crippen molar-refractivity contribution in [3.8, 4) is 5.75 Å². The lowest BCUT2D eigenvalue weighted by Gasteiger charge is -2.31. The summed E-state index contributed by atoms with van der Waals surface area (Å²) in [6.45, 7) is 3.82. The zero-order chi connectivity index (χ0) is 12.4. The summed E-state index contributed by atoms with van der Waals surface area (Å²) in [5.41, 5.74) is 2.19. The molecule has 1 saturated heterocycles. The Kier molecular flexibility index (Phi) is 3.30. The molecule has 2 aliphatic rings. The van der Waals surface area contributed by atoms with E-state index in [9.17, 15) is 0 Å². The molecular formula is C14H15NO2S. The highest BCUT2D eigenvalue weighted by Crippen LogP contribution is 2.26. The lowest BCUT2D eigenvalue weighted by atomic mass is 10.1. The molecule has 1 fully saturated rings. The Morgan fingerprint density at radius 3 is 2.78 bits per heavy atom. The van der Waals surface area contributed by atoms with Gasteiger partial charge in [0.15, 0.2) is 0 Å². The number of ether oxygens (including phenoxy) is 2. The molecule has 0 spiro atoms. The molecule has 3 nitrogen and oxygen atoms in total. The third kappa shape index (κ3) is 2.26. The van der Waals surface area contributed by atoms with Gasteiger partial charge in [0.1, 0.15) is 17.3 Å². The molecule has 18 heavy (non-hydrogen) atoms. The Morgan fingerprint density at radius 2 is 1.94 bits per heavy atom. The van der Waals surface area contributed by atoms with Gasteiger partial charge in [-0.15, -0.1) is 0 Å². The van der Waals surface area contributed by atoms with Crippen LogP contribution in [0.1, 0.15) is 5.56 Å². The SMILES string of the molecule is S=C(C1=Cc2ccccc2OC1)N1CCOCC1. The third-order valence-corrected chi connectivity index (χ3v) is 3.73. The van der Waals surface area contributed by atoms with Crippen LogP contribution in [0.4, 0.5) is 0 Å². The second kappa shape index (κ2) is 5.08. The van der Waals surface area contributed by atoms with E-state index in [1.165, 1.54) is 0 Å². The van der Waals surface area contributed by atoms with Crippen molar-refractivity contribution in [1.82, 2.24) is 4.90 Å². The summed E-state index contributed by atoms with van der Waals surface area (Å²) in [6, 6.07) is 8.04. The molecule has 2 aliphatic heterocycles. The first kappa shape index (κ1) is 11.7. The number of hydrogen-bond donors (Lipinski definition) is 0. The second-order valence-corrected chi connectivity index (χ2v) is 4.79. The van der Waals surface area contributed by atoms with E-state index in [1.807, 2.05) is 18.2 Å². The highest BCUT2D eigenvalue weighted by molar-refractivity contribution is 7.80. The van der Waals surface area contributed by atoms with Gasteiger partial charge in [0.2, 0.25) is 0 Å². The minimum Gasteiger partial charge on any atom is -0.488 e. The lowest BCUT2D eigenvalue weighted by Crippen LogP contribution is -2.41. The number of nitrogens with zero attached hydrogens (tertiary/aromatic N) is 1. The molecule has 0 unspecified atom stereocenters. The van der Waals surface area contributed by atoms with E-state index in [0.717, 1.165) is 48.2 Å². The highest BCUT2D eigenvalue weighted by atomic mass is 32.1. The normalized spacial score (nSPS) is 18.7. The van der Waals surface area contributed by atoms with Crippen LogP contribution >= 0.6 is 12.2 Å². The van der Waals surface area contributed by atoms with Crippen LogP contribution in [0, 0.1) is 0 Å². The Bertz CT molecular complexity index is 492. The van der Waals surface area contributed by atoms with Crippen molar-refractivity contribution in [3.05, 3.63) is 35.4 Å². The summed E-state index contributed by atoms with van der Waals surface area (Å²) in [6.07, 6.45) is 2.14. The molecule has 0 radical (unpaired) electrons. The molecule has 0 aliphatic carbocycles. The van der Waals surface area contributed by atoms with Crippen LogP contribution in [0.3, 0.4) is 0 Å². The molecule has 0 atom stereocenters. The summed E-state index contributed by atoms with van der Waals surface area (Å²) >= 11 is 5.55. The molecule has 94 valence electrons. The van der Waals surface area contributed by atoms with Gasteiger partial charge in [-0.05, 0) is 12.1 Å². The van der Waals surface area contributed by atoms with Gasteiger partial charge in [0.25, 0.3) is 0 Å². The predicted octanol–water partition coefficient (Wildman–Crippen LogP) is 2.12. The van der Waals surface area contributed by atoms with Crippen molar-refractivity contribution < 1.29 is 9.47 Å². The van der Waals surface area contributed by atoms with Gasteiger partial charge in [-0.2, -0.15) is 0 Å². The summed E-state index contributed by atoms with van der Waals surface area (Å²) in [5, 5.41) is 0. The fourth-order valence-electron chi connectivity index (χ4n) is 2.21. The predicted molar refractivity (Wildman–Crippen MR) is 74.9 cm³/mol. The van der Waals surface area contributed by atoms with E-state index >= 15 is 0 Å². The van der Waals surface area contributed by atoms with E-state index in [1.54, 1.807) is 0 Å². The van der Waals surface area contributed by atoms with Gasteiger partial charge in [0.05, 0.1) is 13.2 Å². The number of hydrogen-bond acceptors (Lipinski definition) is 3. The van der Waals surface area contributed by atoms with Crippen LogP contribution in [-0.2, 0) is 4.74 Å². The first-order chi connectivity index (χ1) is 8.84. The van der Waals surface area contributed by atoms with Crippen molar-refractivity contribution in [2.24, 2.45) is 0 Å². The first-order valence-corrected chi connectivity index (χ1v) is 6.55. The molecule has 4 heteroatoms. The van der Waals surface area contributed by atoms with E-state index in [4.69, 9.17) is 21.7 Å². The lowest BCUT2D eigenvalue weighted by molar-refractivity contribution is 0.0690. The maximum absolute atomic E-state index is 5.73. The van der Waals surface area contributed by atoms with Gasteiger partial charge in [-0.3, -0.25) is 0 Å². The van der Waals surface area contributed by atoms with E-state index in [2.05, 4.69) is 17.0 Å². The summed E-state index contributed by atoms with van der Waals surface area (Å²) < 4.78 is 11.1. The maximum Gasteiger partial charge on any atom is 0.127 e. The maximum atomic E-state index is 5.73. The minimum atomic E-state index is 0.563. The largest absolute Gasteiger partial charge is 0.488 e. The molecule has 0 aromatic heterocycles. The molecule has 1 aromatic carbocycles. The molecule has 3 rings (SSSR count). The van der Waals surface area contributed by atoms with Gasteiger partial charge in [0, 0.05) is 24.2 Å². The van der Waals surface area contributed by atoms with Crippen LogP contribution in [0.5, 0.6) is 5.75 Å². The number of fused-ring (bicyclic) bond motifs is 1. The van der Waals surface area contributed by atoms with Crippen LogP contribution in [-0.4, -0.2) is 42.8 Å². The molecular weight excluding hydrogens is 246 g/mol. The van der Waals surface area contributed by atoms with Gasteiger partial charge >= 0.3 is 0 Å². The van der Waals surface area contributed by atoms with Crippen molar-refractivity contribution in [1.29, 1.82) is 0 Å². The average molecular weight is 261 g/mol. The fraction of sp³-hybridized carbons (Fsp3) is 0.357. The Morgan fingerprint density at radius 1 is 1.17 bits per heavy atom. The molecule has 0 amide bonds. The molecule has 0 N–H and O–H groups in total. The zero-order valence-corrected chi connectivity index (χ0v) is 10.9. The molecule has 0 saturated carbocycles. The van der Waals surface area contributed by atoms with Crippen molar-refractivity contribution in [2.45, 2.75) is 0 Å². The van der Waals surface area contributed by atoms with Gasteiger partial charge in [-0.1, -0.05) is 30.4 Å². The molecule has 1 aromatic rings. The van der Waals surface area contributed by atoms with E-state index in [0.29, 0.717) is 6.61 Å². The van der Waals surface area contributed by atoms with E-state index in [-0.39, 0.29) is 0 Å². The van der Waals surface area contributed by atoms with Crippen LogP contribution in [0.25, 0.3) is 6.08 Å². The monoisotopic (exact) mass is 261 g/mol. The Balaban J connectivity index is 1.81.